The van der Waals surface area contributed by atoms with E-state index < -0.39 is 5.60 Å². The SMILES string of the molecule is CC(C)(C)OC(=O)N[C@@H]1CCN([C@@H]2CCCC[C@H]2OCc2ccccc2)C1. The minimum Gasteiger partial charge on any atom is -0.444 e. The molecule has 150 valence electrons. The molecule has 2 aliphatic rings. The van der Waals surface area contributed by atoms with E-state index in [1.165, 1.54) is 24.8 Å². The van der Waals surface area contributed by atoms with Gasteiger partial charge in [-0.25, -0.2) is 4.79 Å². The van der Waals surface area contributed by atoms with Crippen molar-refractivity contribution >= 4 is 6.09 Å². The predicted molar refractivity (Wildman–Crippen MR) is 107 cm³/mol. The van der Waals surface area contributed by atoms with Crippen molar-refractivity contribution in [1.82, 2.24) is 10.2 Å². The molecule has 2 fully saturated rings. The number of rotatable bonds is 5. The number of ether oxygens (including phenoxy) is 2. The van der Waals surface area contributed by atoms with Gasteiger partial charge in [-0.2, -0.15) is 0 Å². The summed E-state index contributed by atoms with van der Waals surface area (Å²) in [6, 6.07) is 11.0. The van der Waals surface area contributed by atoms with Gasteiger partial charge >= 0.3 is 6.09 Å². The number of carbonyl (C=O) groups excluding carboxylic acids is 1. The first-order valence-electron chi connectivity index (χ1n) is 10.3. The minimum absolute atomic E-state index is 0.163. The van der Waals surface area contributed by atoms with Gasteiger partial charge in [0.25, 0.3) is 0 Å². The summed E-state index contributed by atoms with van der Waals surface area (Å²) in [4.78, 5) is 14.6. The van der Waals surface area contributed by atoms with Gasteiger partial charge in [-0.3, -0.25) is 4.90 Å². The van der Waals surface area contributed by atoms with Crippen molar-refractivity contribution in [2.75, 3.05) is 13.1 Å². The normalized spacial score (nSPS) is 26.7. The van der Waals surface area contributed by atoms with Crippen LogP contribution in [0.1, 0.15) is 58.4 Å². The van der Waals surface area contributed by atoms with Crippen LogP contribution < -0.4 is 5.32 Å². The summed E-state index contributed by atoms with van der Waals surface area (Å²) in [6.07, 6.45) is 5.74. The number of amides is 1. The zero-order chi connectivity index (χ0) is 19.3. The average Bonchev–Trinajstić information content (AvgIpc) is 3.07. The standard InChI is InChI=1S/C22H34N2O3/c1-22(2,3)27-21(25)23-18-13-14-24(15-18)19-11-7-8-12-20(19)26-16-17-9-5-4-6-10-17/h4-6,9-10,18-20H,7-8,11-16H2,1-3H3,(H,23,25)/t18-,19-,20-/m1/s1. The molecule has 0 radical (unpaired) electrons. The molecule has 3 atom stereocenters. The molecular weight excluding hydrogens is 340 g/mol. The molecule has 0 unspecified atom stereocenters. The van der Waals surface area contributed by atoms with E-state index in [1.54, 1.807) is 0 Å². The van der Waals surface area contributed by atoms with Crippen molar-refractivity contribution in [3.05, 3.63) is 35.9 Å². The first-order valence-corrected chi connectivity index (χ1v) is 10.3. The zero-order valence-corrected chi connectivity index (χ0v) is 16.9. The molecule has 1 N–H and O–H groups in total. The van der Waals surface area contributed by atoms with E-state index in [1.807, 2.05) is 26.8 Å². The second-order valence-electron chi connectivity index (χ2n) is 8.81. The first kappa shape index (κ1) is 20.2. The van der Waals surface area contributed by atoms with Crippen LogP contribution in [0, 0.1) is 0 Å². The van der Waals surface area contributed by atoms with E-state index in [0.717, 1.165) is 25.9 Å². The van der Waals surface area contributed by atoms with Crippen molar-refractivity contribution in [3.63, 3.8) is 0 Å². The van der Waals surface area contributed by atoms with Crippen LogP contribution in [0.2, 0.25) is 0 Å². The highest BCUT2D eigenvalue weighted by Gasteiger charge is 2.36. The molecule has 1 amide bonds. The van der Waals surface area contributed by atoms with E-state index in [0.29, 0.717) is 12.6 Å². The highest BCUT2D eigenvalue weighted by Crippen LogP contribution is 2.29. The fourth-order valence-electron chi connectivity index (χ4n) is 4.15. The number of nitrogens with one attached hydrogen (secondary N) is 1. The minimum atomic E-state index is -0.456. The summed E-state index contributed by atoms with van der Waals surface area (Å²) in [6.45, 7) is 8.25. The number of carbonyl (C=O) groups is 1. The fourth-order valence-corrected chi connectivity index (χ4v) is 4.15. The Labute approximate surface area is 163 Å². The van der Waals surface area contributed by atoms with Gasteiger partial charge in [0.2, 0.25) is 0 Å². The van der Waals surface area contributed by atoms with E-state index in [2.05, 4.69) is 34.5 Å². The third-order valence-corrected chi connectivity index (χ3v) is 5.38. The van der Waals surface area contributed by atoms with Gasteiger partial charge in [-0.05, 0) is 45.6 Å². The molecule has 0 spiro atoms. The maximum atomic E-state index is 12.0. The van der Waals surface area contributed by atoms with E-state index in [4.69, 9.17) is 9.47 Å². The van der Waals surface area contributed by atoms with E-state index in [9.17, 15) is 4.79 Å². The fraction of sp³-hybridized carbons (Fsp3) is 0.682. The van der Waals surface area contributed by atoms with Crippen molar-refractivity contribution in [2.24, 2.45) is 0 Å². The first-order chi connectivity index (χ1) is 12.9. The predicted octanol–water partition coefficient (Wildman–Crippen LogP) is 4.11. The molecule has 1 saturated heterocycles. The smallest absolute Gasteiger partial charge is 0.407 e. The third kappa shape index (κ3) is 6.22. The lowest BCUT2D eigenvalue weighted by atomic mass is 9.91. The van der Waals surface area contributed by atoms with Gasteiger partial charge in [0.05, 0.1) is 12.7 Å². The van der Waals surface area contributed by atoms with Gasteiger partial charge in [-0.1, -0.05) is 43.2 Å². The number of alkyl carbamates (subject to hydrolysis) is 1. The molecule has 1 saturated carbocycles. The van der Waals surface area contributed by atoms with Crippen LogP contribution >= 0.6 is 0 Å². The molecule has 0 bridgehead atoms. The lowest BCUT2D eigenvalue weighted by Crippen LogP contribution is -2.47. The summed E-state index contributed by atoms with van der Waals surface area (Å²) < 4.78 is 11.7. The van der Waals surface area contributed by atoms with Gasteiger partial charge in [0.1, 0.15) is 5.60 Å². The van der Waals surface area contributed by atoms with Crippen LogP contribution in [0.3, 0.4) is 0 Å². The summed E-state index contributed by atoms with van der Waals surface area (Å²) in [5.74, 6) is 0. The van der Waals surface area contributed by atoms with Crippen LogP contribution in [0.4, 0.5) is 4.79 Å². The monoisotopic (exact) mass is 374 g/mol. The molecular formula is C22H34N2O3. The van der Waals surface area contributed by atoms with Gasteiger partial charge < -0.3 is 14.8 Å². The van der Waals surface area contributed by atoms with Gasteiger partial charge in [0.15, 0.2) is 0 Å². The topological polar surface area (TPSA) is 50.8 Å². The molecule has 1 aromatic carbocycles. The van der Waals surface area contributed by atoms with Crippen molar-refractivity contribution in [3.8, 4) is 0 Å². The van der Waals surface area contributed by atoms with Crippen LogP contribution in [-0.4, -0.2) is 47.9 Å². The molecule has 1 heterocycles. The molecule has 5 nitrogen and oxygen atoms in total. The van der Waals surface area contributed by atoms with Crippen molar-refractivity contribution < 1.29 is 14.3 Å². The Kier molecular flexibility index (Phi) is 6.77. The molecule has 1 aliphatic carbocycles. The Balaban J connectivity index is 1.50. The molecule has 1 aliphatic heterocycles. The van der Waals surface area contributed by atoms with Gasteiger partial charge in [-0.15, -0.1) is 0 Å². The quantitative estimate of drug-likeness (QED) is 0.842. The van der Waals surface area contributed by atoms with Crippen molar-refractivity contribution in [1.29, 1.82) is 0 Å². The summed E-state index contributed by atoms with van der Waals surface area (Å²) in [5.41, 5.74) is 0.773. The number of hydrogen-bond donors (Lipinski definition) is 1. The Morgan fingerprint density at radius 1 is 1.15 bits per heavy atom. The lowest BCUT2D eigenvalue weighted by Gasteiger charge is -2.38. The Morgan fingerprint density at radius 3 is 2.63 bits per heavy atom. The number of hydrogen-bond acceptors (Lipinski definition) is 4. The van der Waals surface area contributed by atoms with Crippen LogP contribution in [0.15, 0.2) is 30.3 Å². The Hall–Kier alpha value is -1.59. The highest BCUT2D eigenvalue weighted by atomic mass is 16.6. The molecule has 5 heteroatoms. The summed E-state index contributed by atoms with van der Waals surface area (Å²) >= 11 is 0. The van der Waals surface area contributed by atoms with Crippen molar-refractivity contribution in [2.45, 2.75) is 83.3 Å². The zero-order valence-electron chi connectivity index (χ0n) is 16.9. The van der Waals surface area contributed by atoms with E-state index in [-0.39, 0.29) is 18.2 Å². The Bertz CT molecular complexity index is 599. The maximum Gasteiger partial charge on any atom is 0.407 e. The molecule has 0 aromatic heterocycles. The average molecular weight is 375 g/mol. The highest BCUT2D eigenvalue weighted by molar-refractivity contribution is 5.68. The second-order valence-corrected chi connectivity index (χ2v) is 8.81. The molecule has 3 rings (SSSR count). The summed E-state index contributed by atoms with van der Waals surface area (Å²) in [5, 5.41) is 3.03. The number of nitrogens with zero attached hydrogens (tertiary/aromatic N) is 1. The summed E-state index contributed by atoms with van der Waals surface area (Å²) in [7, 11) is 0. The van der Waals surface area contributed by atoms with Crippen LogP contribution in [0.5, 0.6) is 0 Å². The Morgan fingerprint density at radius 2 is 1.89 bits per heavy atom. The van der Waals surface area contributed by atoms with Gasteiger partial charge in [0, 0.05) is 25.2 Å². The molecule has 1 aromatic rings. The van der Waals surface area contributed by atoms with E-state index >= 15 is 0 Å². The van der Waals surface area contributed by atoms with Crippen LogP contribution in [0.25, 0.3) is 0 Å². The second kappa shape index (κ2) is 9.07. The van der Waals surface area contributed by atoms with Crippen LogP contribution in [-0.2, 0) is 16.1 Å². The molecule has 27 heavy (non-hydrogen) atoms. The maximum absolute atomic E-state index is 12.0. The number of benzene rings is 1. The lowest BCUT2D eigenvalue weighted by molar-refractivity contribution is -0.0394. The number of likely N-dealkylation sites (tertiary alicyclic amines) is 1. The third-order valence-electron chi connectivity index (χ3n) is 5.38. The largest absolute Gasteiger partial charge is 0.444 e.